The van der Waals surface area contributed by atoms with Crippen LogP contribution in [0.2, 0.25) is 36.3 Å². The highest BCUT2D eigenvalue weighted by atomic mass is 28.4. The van der Waals surface area contributed by atoms with Crippen molar-refractivity contribution in [3.8, 4) is 0 Å². The Hall–Kier alpha value is -2.17. The molecule has 73 heavy (non-hydrogen) atoms. The van der Waals surface area contributed by atoms with E-state index in [1.807, 2.05) is 33.8 Å². The molecule has 1 saturated carbocycles. The Kier molecular flexibility index (Phi) is 22.6. The number of carbonyl (C=O) groups is 4. The van der Waals surface area contributed by atoms with E-state index in [2.05, 4.69) is 73.8 Å². The quantitative estimate of drug-likeness (QED) is 0.0725. The highest BCUT2D eigenvalue weighted by Gasteiger charge is 2.57. The summed E-state index contributed by atoms with van der Waals surface area (Å²) < 4.78 is 45.3. The number of aliphatic hydroxyl groups excluding tert-OH is 2. The molecule has 15 nitrogen and oxygen atoms in total. The predicted molar refractivity (Wildman–Crippen MR) is 288 cm³/mol. The van der Waals surface area contributed by atoms with Crippen LogP contribution in [0.15, 0.2) is 23.3 Å². The minimum Gasteiger partial charge on any atom is -0.456 e. The molecule has 2 bridgehead atoms. The highest BCUT2D eigenvalue weighted by Crippen LogP contribution is 2.44. The van der Waals surface area contributed by atoms with E-state index in [4.69, 9.17) is 32.5 Å². The van der Waals surface area contributed by atoms with Gasteiger partial charge in [0.2, 0.25) is 5.79 Å². The van der Waals surface area contributed by atoms with E-state index >= 15 is 9.59 Å². The maximum atomic E-state index is 15.1. The normalized spacial score (nSPS) is 35.4. The lowest BCUT2D eigenvalue weighted by Crippen LogP contribution is -2.64. The molecule has 0 aromatic rings. The molecule has 17 heteroatoms. The van der Waals surface area contributed by atoms with Crippen molar-refractivity contribution in [1.82, 2.24) is 4.90 Å². The number of ketones is 2. The fourth-order valence-corrected chi connectivity index (χ4v) is 13.8. The summed E-state index contributed by atoms with van der Waals surface area (Å²) in [6, 6.07) is -1.15. The largest absolute Gasteiger partial charge is 0.456 e. The zero-order chi connectivity index (χ0) is 55.2. The molecule has 3 fully saturated rings. The molecule has 1 unspecified atom stereocenters. The van der Waals surface area contributed by atoms with Crippen molar-refractivity contribution in [2.24, 2.45) is 29.6 Å². The molecule has 2 saturated heterocycles. The van der Waals surface area contributed by atoms with Crippen molar-refractivity contribution in [2.45, 2.75) is 244 Å². The number of hydrogen-bond donors (Lipinski definition) is 3. The van der Waals surface area contributed by atoms with Gasteiger partial charge >= 0.3 is 5.97 Å². The van der Waals surface area contributed by atoms with E-state index in [9.17, 15) is 24.9 Å². The van der Waals surface area contributed by atoms with Crippen molar-refractivity contribution in [3.63, 3.8) is 0 Å². The number of esters is 1. The maximum Gasteiger partial charge on any atom is 0.329 e. The van der Waals surface area contributed by atoms with Gasteiger partial charge in [0.15, 0.2) is 16.6 Å². The van der Waals surface area contributed by atoms with Crippen LogP contribution in [-0.2, 0) is 51.7 Å². The third-order valence-electron chi connectivity index (χ3n) is 17.6. The number of Topliss-reactive ketones (excluding diaryl/α,β-unsaturated/α-hetero) is 2. The minimum absolute atomic E-state index is 0.00939. The molecule has 3 heterocycles. The molecule has 0 aromatic carbocycles. The SMILES string of the molecule is CO[C@H]1C[C@@H](C)CC(C)=C[C@@H](CC(O)CO)C(=O)C[C@H](O[Si](C)(C)C(C)(C)C)[C@@H](C)[C@@H](/C(C)=C/[C@@H]2CC[C@@H](O[Si](C)(C)C(C)(C)C)[C@H](OC)C2)OC(=O)[C@@H]2CCCCN2C(=O)C(=O)[C@]2(O)O[C@H]1[C@@H](OC)C[C@H]2C. The van der Waals surface area contributed by atoms with Crippen molar-refractivity contribution in [3.05, 3.63) is 23.3 Å². The predicted octanol–water partition coefficient (Wildman–Crippen LogP) is 8.87. The second-order valence-electron chi connectivity index (χ2n) is 25.5. The van der Waals surface area contributed by atoms with Gasteiger partial charge in [0.05, 0.1) is 43.2 Å². The number of rotatable bonds is 12. The first-order chi connectivity index (χ1) is 33.7. The van der Waals surface area contributed by atoms with Crippen LogP contribution in [0.3, 0.4) is 0 Å². The van der Waals surface area contributed by atoms with Gasteiger partial charge < -0.3 is 52.8 Å². The van der Waals surface area contributed by atoms with Crippen LogP contribution < -0.4 is 0 Å². The summed E-state index contributed by atoms with van der Waals surface area (Å²) in [5.74, 6) is -7.90. The third-order valence-corrected chi connectivity index (χ3v) is 26.6. The van der Waals surface area contributed by atoms with E-state index in [0.717, 1.165) is 24.0 Å². The number of amides is 1. The topological polar surface area (TPSA) is 197 Å². The Morgan fingerprint density at radius 2 is 1.40 bits per heavy atom. The fraction of sp³-hybridized carbons (Fsp3) is 0.857. The van der Waals surface area contributed by atoms with Crippen molar-refractivity contribution < 1.29 is 67.0 Å². The minimum atomic E-state index is -2.65. The molecule has 0 radical (unpaired) electrons. The first-order valence-electron chi connectivity index (χ1n) is 27.3. The average Bonchev–Trinajstić information content (AvgIpc) is 3.31. The Bertz CT molecular complexity index is 1930. The number of nitrogens with zero attached hydrogens (tertiary/aromatic N) is 1. The lowest BCUT2D eigenvalue weighted by Gasteiger charge is -2.47. The Balaban J connectivity index is 1.91. The number of ether oxygens (including phenoxy) is 5. The van der Waals surface area contributed by atoms with Gasteiger partial charge in [0, 0.05) is 52.0 Å². The van der Waals surface area contributed by atoms with Gasteiger partial charge in [-0.05, 0) is 132 Å². The first kappa shape index (κ1) is 63.4. The second kappa shape index (κ2) is 26.0. The summed E-state index contributed by atoms with van der Waals surface area (Å²) in [5, 5.41) is 33.1. The van der Waals surface area contributed by atoms with Crippen molar-refractivity contribution in [2.75, 3.05) is 34.5 Å². The van der Waals surface area contributed by atoms with Crippen LogP contribution in [0.5, 0.6) is 0 Å². The van der Waals surface area contributed by atoms with E-state index in [0.29, 0.717) is 32.1 Å². The lowest BCUT2D eigenvalue weighted by atomic mass is 9.81. The monoisotopic (exact) mass is 1070 g/mol. The van der Waals surface area contributed by atoms with E-state index < -0.39 is 107 Å². The standard InChI is InChI=1S/C56H99NO14Si2/c1-34-25-35(2)27-47(66-13)50-48(67-14)29-37(4)56(64,69-50)51(61)52(62)57-24-20-19-21-42(57)53(63)68-49(36(3)28-39-22-23-44(46(30-39)65-12)70-72(15,16)54(6,7)8)38(5)45(71-73(17,18)55(9,10)11)32-43(60)40(26-34)31-41(59)33-58/h26,28,35,37-42,44-50,58-59,64H,19-25,27,29-33H2,1-18H3/b34-26?,36-28+/t35-,37+,38+,39-,40-,41?,42-,44+,45-,46+,47-,48-,49+,50+,56+/m0/s1. The lowest BCUT2D eigenvalue weighted by molar-refractivity contribution is -0.302. The molecule has 1 aliphatic carbocycles. The van der Waals surface area contributed by atoms with Crippen LogP contribution in [0.25, 0.3) is 0 Å². The van der Waals surface area contributed by atoms with Crippen LogP contribution in [0.4, 0.5) is 0 Å². The van der Waals surface area contributed by atoms with Crippen LogP contribution in [0, 0.1) is 29.6 Å². The van der Waals surface area contributed by atoms with Gasteiger partial charge in [-0.1, -0.05) is 80.0 Å². The highest BCUT2D eigenvalue weighted by molar-refractivity contribution is 6.74. The Morgan fingerprint density at radius 3 is 1.96 bits per heavy atom. The molecule has 15 atom stereocenters. The molecule has 0 spiro atoms. The van der Waals surface area contributed by atoms with Gasteiger partial charge in [-0.3, -0.25) is 14.4 Å². The first-order valence-corrected chi connectivity index (χ1v) is 33.1. The van der Waals surface area contributed by atoms with E-state index in [-0.39, 0.29) is 72.1 Å². The smallest absolute Gasteiger partial charge is 0.329 e. The molecule has 3 aliphatic heterocycles. The molecule has 0 aromatic heterocycles. The van der Waals surface area contributed by atoms with Crippen LogP contribution >= 0.6 is 0 Å². The van der Waals surface area contributed by atoms with Gasteiger partial charge in [0.25, 0.3) is 11.7 Å². The third kappa shape index (κ3) is 15.8. The van der Waals surface area contributed by atoms with Crippen LogP contribution in [0.1, 0.15) is 147 Å². The maximum absolute atomic E-state index is 15.1. The summed E-state index contributed by atoms with van der Waals surface area (Å²) in [4.78, 5) is 60.6. The number of aliphatic hydroxyl groups is 3. The summed E-state index contributed by atoms with van der Waals surface area (Å²) in [7, 11) is 0.00811. The number of piperidine rings is 1. The number of fused-ring (bicyclic) bond motifs is 3. The second-order valence-corrected chi connectivity index (χ2v) is 35.0. The van der Waals surface area contributed by atoms with Gasteiger partial charge in [0.1, 0.15) is 24.0 Å². The average molecular weight is 1070 g/mol. The molecule has 1 amide bonds. The molecule has 4 rings (SSSR count). The summed E-state index contributed by atoms with van der Waals surface area (Å²) in [6.45, 7) is 30.9. The number of hydrogen-bond acceptors (Lipinski definition) is 14. The number of carbonyl (C=O) groups excluding carboxylic acids is 4. The zero-order valence-electron chi connectivity index (χ0n) is 48.2. The van der Waals surface area contributed by atoms with E-state index in [1.54, 1.807) is 14.0 Å². The zero-order valence-corrected chi connectivity index (χ0v) is 50.2. The van der Waals surface area contributed by atoms with Crippen molar-refractivity contribution >= 4 is 40.1 Å². The fourth-order valence-electron chi connectivity index (χ4n) is 11.0. The molecule has 420 valence electrons. The Morgan fingerprint density at radius 1 is 0.822 bits per heavy atom. The molecular weight excluding hydrogens is 967 g/mol. The van der Waals surface area contributed by atoms with Crippen molar-refractivity contribution in [1.29, 1.82) is 0 Å². The summed E-state index contributed by atoms with van der Waals surface area (Å²) in [6.07, 6.45) is 3.38. The van der Waals surface area contributed by atoms with Gasteiger partial charge in [-0.2, -0.15) is 0 Å². The molecule has 4 aliphatic rings. The summed E-state index contributed by atoms with van der Waals surface area (Å²) in [5.41, 5.74) is 1.64. The molecule has 3 N–H and O–H groups in total. The molecular formula is C56H99NO14Si2. The van der Waals surface area contributed by atoms with Gasteiger partial charge in [-0.25, -0.2) is 4.79 Å². The summed E-state index contributed by atoms with van der Waals surface area (Å²) >= 11 is 0. The van der Waals surface area contributed by atoms with Gasteiger partial charge in [-0.15, -0.1) is 0 Å². The van der Waals surface area contributed by atoms with E-state index in [1.165, 1.54) is 19.1 Å². The number of methoxy groups -OCH3 is 3. The van der Waals surface area contributed by atoms with Crippen LogP contribution in [-0.4, -0.2) is 155 Å². The number of allylic oxidation sites excluding steroid dienone is 3. The Labute approximate surface area is 441 Å². The number of cyclic esters (lactones) is 1.